The van der Waals surface area contributed by atoms with E-state index in [9.17, 15) is 0 Å². The van der Waals surface area contributed by atoms with E-state index in [1.54, 1.807) is 19.5 Å². The molecule has 0 amide bonds. The van der Waals surface area contributed by atoms with Crippen LogP contribution in [0.25, 0.3) is 0 Å². The first-order valence-corrected chi connectivity index (χ1v) is 5.66. The van der Waals surface area contributed by atoms with Gasteiger partial charge in [0.05, 0.1) is 12.6 Å². The summed E-state index contributed by atoms with van der Waals surface area (Å²) < 4.78 is 5.99. The zero-order valence-electron chi connectivity index (χ0n) is 7.70. The lowest BCUT2D eigenvalue weighted by atomic mass is 10.4. The Labute approximate surface area is 102 Å². The van der Waals surface area contributed by atoms with Gasteiger partial charge >= 0.3 is 0 Å². The van der Waals surface area contributed by atoms with Crippen LogP contribution in [0, 0.1) is 3.57 Å². The monoisotopic (exact) mass is 327 g/mol. The summed E-state index contributed by atoms with van der Waals surface area (Å²) in [4.78, 5) is 8.21. The number of nitrogens with zero attached hydrogens (tertiary/aromatic N) is 2. The highest BCUT2D eigenvalue weighted by molar-refractivity contribution is 14.1. The summed E-state index contributed by atoms with van der Waals surface area (Å²) in [5.41, 5.74) is 0. The quantitative estimate of drug-likeness (QED) is 0.661. The van der Waals surface area contributed by atoms with Gasteiger partial charge in [0, 0.05) is 29.0 Å². The van der Waals surface area contributed by atoms with Gasteiger partial charge in [-0.2, -0.15) is 0 Å². The van der Waals surface area contributed by atoms with Crippen molar-refractivity contribution in [1.29, 1.82) is 0 Å². The number of ether oxygens (including phenoxy) is 1. The second-order valence-corrected chi connectivity index (χ2v) is 4.23. The van der Waals surface area contributed by atoms with Crippen LogP contribution in [0.1, 0.15) is 0 Å². The zero-order chi connectivity index (χ0) is 10.4. The van der Waals surface area contributed by atoms with Gasteiger partial charge in [0.15, 0.2) is 0 Å². The minimum Gasteiger partial charge on any atom is -0.383 e. The third-order valence-corrected chi connectivity index (χ3v) is 2.44. The molecular formula is C8H11ClIN3O. The molecule has 0 bridgehead atoms. The molecule has 0 aliphatic carbocycles. The van der Waals surface area contributed by atoms with E-state index in [1.165, 1.54) is 0 Å². The van der Waals surface area contributed by atoms with Crippen LogP contribution in [0.3, 0.4) is 0 Å². The second kappa shape index (κ2) is 6.36. The van der Waals surface area contributed by atoms with Gasteiger partial charge in [-0.15, -0.1) is 11.6 Å². The normalized spacial score (nSPS) is 12.5. The number of methoxy groups -OCH3 is 1. The van der Waals surface area contributed by atoms with Crippen molar-refractivity contribution in [2.45, 2.75) is 6.04 Å². The van der Waals surface area contributed by atoms with Crippen LogP contribution in [0.5, 0.6) is 0 Å². The maximum atomic E-state index is 5.73. The van der Waals surface area contributed by atoms with Crippen LogP contribution in [0.4, 0.5) is 5.95 Å². The molecule has 0 aliphatic heterocycles. The molecule has 1 aromatic heterocycles. The van der Waals surface area contributed by atoms with Crippen LogP contribution in [0.15, 0.2) is 12.4 Å². The first-order valence-electron chi connectivity index (χ1n) is 4.05. The molecule has 0 saturated carbocycles. The van der Waals surface area contributed by atoms with Gasteiger partial charge in [0.2, 0.25) is 5.95 Å². The number of hydrogen-bond donors (Lipinski definition) is 1. The van der Waals surface area contributed by atoms with Gasteiger partial charge in [0.25, 0.3) is 0 Å². The molecule has 0 aliphatic rings. The van der Waals surface area contributed by atoms with Crippen molar-refractivity contribution >= 4 is 40.1 Å². The maximum Gasteiger partial charge on any atom is 0.222 e. The average molecular weight is 328 g/mol. The lowest BCUT2D eigenvalue weighted by Gasteiger charge is -2.14. The fourth-order valence-electron chi connectivity index (χ4n) is 0.895. The van der Waals surface area contributed by atoms with Crippen molar-refractivity contribution in [2.24, 2.45) is 0 Å². The van der Waals surface area contributed by atoms with Gasteiger partial charge in [0.1, 0.15) is 0 Å². The third-order valence-electron chi connectivity index (χ3n) is 1.51. The van der Waals surface area contributed by atoms with Crippen LogP contribution < -0.4 is 5.32 Å². The Morgan fingerprint density at radius 3 is 2.71 bits per heavy atom. The molecule has 1 heterocycles. The summed E-state index contributed by atoms with van der Waals surface area (Å²) in [5, 5.41) is 3.07. The largest absolute Gasteiger partial charge is 0.383 e. The van der Waals surface area contributed by atoms with Crippen molar-refractivity contribution in [2.75, 3.05) is 24.9 Å². The molecule has 0 fully saturated rings. The minimum atomic E-state index is 0.0433. The van der Waals surface area contributed by atoms with Crippen molar-refractivity contribution in [3.63, 3.8) is 0 Å². The number of rotatable bonds is 5. The Morgan fingerprint density at radius 1 is 1.57 bits per heavy atom. The van der Waals surface area contributed by atoms with Crippen molar-refractivity contribution in [3.05, 3.63) is 16.0 Å². The summed E-state index contributed by atoms with van der Waals surface area (Å²) in [7, 11) is 1.63. The van der Waals surface area contributed by atoms with Crippen molar-refractivity contribution in [1.82, 2.24) is 9.97 Å². The van der Waals surface area contributed by atoms with E-state index in [1.807, 2.05) is 0 Å². The SMILES string of the molecule is COCC(CCl)Nc1ncc(I)cn1. The summed E-state index contributed by atoms with van der Waals surface area (Å²) in [6.45, 7) is 0.541. The summed E-state index contributed by atoms with van der Waals surface area (Å²) in [6.07, 6.45) is 3.49. The fourth-order valence-corrected chi connectivity index (χ4v) is 1.34. The Bertz CT molecular complexity index is 270. The first kappa shape index (κ1) is 11.9. The molecule has 4 nitrogen and oxygen atoms in total. The van der Waals surface area contributed by atoms with E-state index < -0.39 is 0 Å². The van der Waals surface area contributed by atoms with E-state index >= 15 is 0 Å². The van der Waals surface area contributed by atoms with Crippen LogP contribution >= 0.6 is 34.2 Å². The van der Waals surface area contributed by atoms with Crippen molar-refractivity contribution < 1.29 is 4.74 Å². The summed E-state index contributed by atoms with van der Waals surface area (Å²) >= 11 is 7.88. The van der Waals surface area contributed by atoms with Crippen LogP contribution in [-0.4, -0.2) is 35.6 Å². The number of halogens is 2. The van der Waals surface area contributed by atoms with Gasteiger partial charge in [-0.1, -0.05) is 0 Å². The minimum absolute atomic E-state index is 0.0433. The van der Waals surface area contributed by atoms with E-state index in [4.69, 9.17) is 16.3 Å². The van der Waals surface area contributed by atoms with E-state index in [0.29, 0.717) is 18.4 Å². The van der Waals surface area contributed by atoms with Gasteiger partial charge in [-0.25, -0.2) is 9.97 Å². The Morgan fingerprint density at radius 2 is 2.21 bits per heavy atom. The molecule has 1 N–H and O–H groups in total. The van der Waals surface area contributed by atoms with Gasteiger partial charge in [-0.3, -0.25) is 0 Å². The maximum absolute atomic E-state index is 5.73. The second-order valence-electron chi connectivity index (χ2n) is 2.68. The fraction of sp³-hybridized carbons (Fsp3) is 0.500. The lowest BCUT2D eigenvalue weighted by Crippen LogP contribution is -2.27. The molecular weight excluding hydrogens is 316 g/mol. The number of aromatic nitrogens is 2. The molecule has 0 spiro atoms. The highest BCUT2D eigenvalue weighted by atomic mass is 127. The molecule has 1 rings (SSSR count). The standard InChI is InChI=1S/C8H11ClIN3O/c1-14-5-7(2-9)13-8-11-3-6(10)4-12-8/h3-4,7H,2,5H2,1H3,(H,11,12,13). The summed E-state index contributed by atoms with van der Waals surface area (Å²) in [6, 6.07) is 0.0433. The number of hydrogen-bond acceptors (Lipinski definition) is 4. The molecule has 1 unspecified atom stereocenters. The molecule has 78 valence electrons. The third kappa shape index (κ3) is 3.93. The van der Waals surface area contributed by atoms with Gasteiger partial charge < -0.3 is 10.1 Å². The smallest absolute Gasteiger partial charge is 0.222 e. The molecule has 1 atom stereocenters. The molecule has 0 radical (unpaired) electrons. The number of anilines is 1. The highest BCUT2D eigenvalue weighted by Crippen LogP contribution is 2.05. The Hall–Kier alpha value is -0.140. The topological polar surface area (TPSA) is 47.0 Å². The zero-order valence-corrected chi connectivity index (χ0v) is 10.6. The molecule has 1 aromatic rings. The number of alkyl halides is 1. The molecule has 0 saturated heterocycles. The van der Waals surface area contributed by atoms with E-state index in [2.05, 4.69) is 37.9 Å². The lowest BCUT2D eigenvalue weighted by molar-refractivity contribution is 0.191. The van der Waals surface area contributed by atoms with E-state index in [-0.39, 0.29) is 6.04 Å². The first-order chi connectivity index (χ1) is 6.76. The predicted molar refractivity (Wildman–Crippen MR) is 64.8 cm³/mol. The highest BCUT2D eigenvalue weighted by Gasteiger charge is 2.07. The van der Waals surface area contributed by atoms with Crippen molar-refractivity contribution in [3.8, 4) is 0 Å². The predicted octanol–water partition coefficient (Wildman–Crippen LogP) is 1.75. The molecule has 0 aromatic carbocycles. The average Bonchev–Trinajstić information content (AvgIpc) is 2.20. The molecule has 6 heteroatoms. The Kier molecular flexibility index (Phi) is 5.42. The Balaban J connectivity index is 2.53. The summed E-state index contributed by atoms with van der Waals surface area (Å²) in [5.74, 6) is 1.04. The van der Waals surface area contributed by atoms with Gasteiger partial charge in [-0.05, 0) is 22.6 Å². The van der Waals surface area contributed by atoms with Crippen LogP contribution in [-0.2, 0) is 4.74 Å². The van der Waals surface area contributed by atoms with E-state index in [0.717, 1.165) is 3.57 Å². The van der Waals surface area contributed by atoms with Crippen LogP contribution in [0.2, 0.25) is 0 Å². The number of nitrogens with one attached hydrogen (secondary N) is 1. The molecule has 14 heavy (non-hydrogen) atoms.